The summed E-state index contributed by atoms with van der Waals surface area (Å²) in [5, 5.41) is 17.8. The molecule has 0 bridgehead atoms. The summed E-state index contributed by atoms with van der Waals surface area (Å²) in [5.41, 5.74) is 1.16. The Balaban J connectivity index is 2.41. The summed E-state index contributed by atoms with van der Waals surface area (Å²) in [5.74, 6) is 0.291. The van der Waals surface area contributed by atoms with Crippen LogP contribution in [0.15, 0.2) is 24.3 Å². The average molecular weight is 181 g/mol. The topological polar surface area (TPSA) is 43.7 Å². The molecular formula is C10H15NO2. The van der Waals surface area contributed by atoms with Crippen molar-refractivity contribution in [1.29, 1.82) is 0 Å². The van der Waals surface area contributed by atoms with Gasteiger partial charge in [0.1, 0.15) is 5.75 Å². The molecule has 0 fully saturated rings. The highest BCUT2D eigenvalue weighted by Crippen LogP contribution is 2.09. The third-order valence-electron chi connectivity index (χ3n) is 1.96. The van der Waals surface area contributed by atoms with Crippen LogP contribution < -0.4 is 0 Å². The van der Waals surface area contributed by atoms with Gasteiger partial charge in [0, 0.05) is 6.54 Å². The van der Waals surface area contributed by atoms with Crippen LogP contribution in [0.25, 0.3) is 0 Å². The van der Waals surface area contributed by atoms with Gasteiger partial charge >= 0.3 is 0 Å². The molecule has 0 heterocycles. The van der Waals surface area contributed by atoms with Crippen LogP contribution >= 0.6 is 0 Å². The number of phenols is 1. The molecule has 1 rings (SSSR count). The van der Waals surface area contributed by atoms with E-state index in [2.05, 4.69) is 0 Å². The summed E-state index contributed by atoms with van der Waals surface area (Å²) in [6.45, 7) is 0.902. The Bertz CT molecular complexity index is 246. The number of aromatic hydroxyl groups is 1. The van der Waals surface area contributed by atoms with E-state index in [-0.39, 0.29) is 6.73 Å². The fraction of sp³-hybridized carbons (Fsp3) is 0.400. The predicted molar refractivity (Wildman–Crippen MR) is 51.5 cm³/mol. The van der Waals surface area contributed by atoms with E-state index in [1.165, 1.54) is 0 Å². The van der Waals surface area contributed by atoms with Crippen molar-refractivity contribution < 1.29 is 10.2 Å². The van der Waals surface area contributed by atoms with Crippen LogP contribution in [0.2, 0.25) is 0 Å². The van der Waals surface area contributed by atoms with Gasteiger partial charge in [-0.2, -0.15) is 0 Å². The first kappa shape index (κ1) is 10.0. The van der Waals surface area contributed by atoms with Gasteiger partial charge in [-0.15, -0.1) is 0 Å². The first-order chi connectivity index (χ1) is 6.22. The molecule has 0 spiro atoms. The molecule has 3 nitrogen and oxygen atoms in total. The summed E-state index contributed by atoms with van der Waals surface area (Å²) in [7, 11) is 1.86. The van der Waals surface area contributed by atoms with Gasteiger partial charge in [-0.05, 0) is 31.2 Å². The largest absolute Gasteiger partial charge is 0.508 e. The average Bonchev–Trinajstić information content (AvgIpc) is 2.16. The molecule has 0 amide bonds. The van der Waals surface area contributed by atoms with E-state index in [9.17, 15) is 0 Å². The minimum atomic E-state index is 0.0814. The third kappa shape index (κ3) is 3.44. The lowest BCUT2D eigenvalue weighted by Gasteiger charge is -2.12. The highest BCUT2D eigenvalue weighted by atomic mass is 16.3. The zero-order valence-electron chi connectivity index (χ0n) is 7.77. The van der Waals surface area contributed by atoms with Gasteiger partial charge in [-0.25, -0.2) is 0 Å². The van der Waals surface area contributed by atoms with E-state index >= 15 is 0 Å². The molecule has 0 unspecified atom stereocenters. The fourth-order valence-electron chi connectivity index (χ4n) is 1.05. The molecule has 1 aromatic carbocycles. The van der Waals surface area contributed by atoms with Crippen molar-refractivity contribution in [1.82, 2.24) is 4.90 Å². The molecule has 0 aliphatic heterocycles. The Morgan fingerprint density at radius 3 is 2.38 bits per heavy atom. The van der Waals surface area contributed by atoms with Gasteiger partial charge < -0.3 is 10.2 Å². The Kier molecular flexibility index (Phi) is 3.73. The number of likely N-dealkylation sites (N-methyl/N-ethyl adjacent to an activating group) is 1. The quantitative estimate of drug-likeness (QED) is 0.676. The normalized spacial score (nSPS) is 10.7. The fourth-order valence-corrected chi connectivity index (χ4v) is 1.05. The number of benzene rings is 1. The molecule has 3 heteroatoms. The molecule has 0 atom stereocenters. The van der Waals surface area contributed by atoms with E-state index in [0.29, 0.717) is 5.75 Å². The Hall–Kier alpha value is -1.06. The van der Waals surface area contributed by atoms with Crippen LogP contribution in [0.5, 0.6) is 5.75 Å². The summed E-state index contributed by atoms with van der Waals surface area (Å²) in [6, 6.07) is 7.13. The molecular weight excluding hydrogens is 166 g/mol. The first-order valence-corrected chi connectivity index (χ1v) is 4.29. The summed E-state index contributed by atoms with van der Waals surface area (Å²) in [4.78, 5) is 1.83. The molecule has 0 radical (unpaired) electrons. The van der Waals surface area contributed by atoms with E-state index in [1.807, 2.05) is 24.1 Å². The van der Waals surface area contributed by atoms with Crippen molar-refractivity contribution in [3.05, 3.63) is 29.8 Å². The molecule has 0 saturated heterocycles. The number of aliphatic hydroxyl groups excluding tert-OH is 1. The van der Waals surface area contributed by atoms with E-state index in [1.54, 1.807) is 12.1 Å². The lowest BCUT2D eigenvalue weighted by atomic mass is 10.1. The monoisotopic (exact) mass is 181 g/mol. The zero-order chi connectivity index (χ0) is 9.68. The smallest absolute Gasteiger partial charge is 0.115 e. The SMILES string of the molecule is CN(CO)CCc1ccc(O)cc1. The van der Waals surface area contributed by atoms with Crippen molar-refractivity contribution in [2.75, 3.05) is 20.3 Å². The zero-order valence-corrected chi connectivity index (χ0v) is 7.77. The summed E-state index contributed by atoms with van der Waals surface area (Å²) < 4.78 is 0. The second kappa shape index (κ2) is 4.84. The van der Waals surface area contributed by atoms with Crippen molar-refractivity contribution in [3.8, 4) is 5.75 Å². The Morgan fingerprint density at radius 1 is 1.23 bits per heavy atom. The number of hydrogen-bond donors (Lipinski definition) is 2. The second-order valence-corrected chi connectivity index (χ2v) is 3.14. The number of phenolic OH excluding ortho intramolecular Hbond substituents is 1. The number of nitrogens with zero attached hydrogens (tertiary/aromatic N) is 1. The summed E-state index contributed by atoms with van der Waals surface area (Å²) in [6.07, 6.45) is 0.886. The van der Waals surface area contributed by atoms with Gasteiger partial charge in [-0.3, -0.25) is 4.90 Å². The Labute approximate surface area is 78.2 Å². The number of aliphatic hydroxyl groups is 1. The highest BCUT2D eigenvalue weighted by Gasteiger charge is 1.97. The van der Waals surface area contributed by atoms with Crippen LogP contribution in [0.4, 0.5) is 0 Å². The first-order valence-electron chi connectivity index (χ1n) is 4.29. The third-order valence-corrected chi connectivity index (χ3v) is 1.96. The molecule has 72 valence electrons. The van der Waals surface area contributed by atoms with Crippen molar-refractivity contribution in [3.63, 3.8) is 0 Å². The standard InChI is InChI=1S/C10H15NO2/c1-11(8-12)7-6-9-2-4-10(13)5-3-9/h2-5,12-13H,6-8H2,1H3. The van der Waals surface area contributed by atoms with E-state index in [0.717, 1.165) is 18.5 Å². The second-order valence-electron chi connectivity index (χ2n) is 3.14. The van der Waals surface area contributed by atoms with Crippen LogP contribution in [0.1, 0.15) is 5.56 Å². The van der Waals surface area contributed by atoms with Crippen molar-refractivity contribution in [2.45, 2.75) is 6.42 Å². The minimum absolute atomic E-state index is 0.0814. The molecule has 0 saturated carbocycles. The highest BCUT2D eigenvalue weighted by molar-refractivity contribution is 5.25. The van der Waals surface area contributed by atoms with E-state index in [4.69, 9.17) is 10.2 Å². The van der Waals surface area contributed by atoms with Gasteiger partial charge in [0.05, 0.1) is 6.73 Å². The van der Waals surface area contributed by atoms with Gasteiger partial charge in [0.2, 0.25) is 0 Å². The lowest BCUT2D eigenvalue weighted by molar-refractivity contribution is 0.134. The maximum atomic E-state index is 9.03. The van der Waals surface area contributed by atoms with E-state index < -0.39 is 0 Å². The molecule has 0 aliphatic rings. The van der Waals surface area contributed by atoms with Crippen molar-refractivity contribution in [2.24, 2.45) is 0 Å². The van der Waals surface area contributed by atoms with Gasteiger partial charge in [0.15, 0.2) is 0 Å². The number of rotatable bonds is 4. The van der Waals surface area contributed by atoms with Crippen molar-refractivity contribution >= 4 is 0 Å². The minimum Gasteiger partial charge on any atom is -0.508 e. The summed E-state index contributed by atoms with van der Waals surface area (Å²) >= 11 is 0. The molecule has 0 aliphatic carbocycles. The molecule has 2 N–H and O–H groups in total. The maximum absolute atomic E-state index is 9.03. The molecule has 1 aromatic rings. The van der Waals surface area contributed by atoms with Gasteiger partial charge in [0.25, 0.3) is 0 Å². The van der Waals surface area contributed by atoms with Crippen LogP contribution in [0, 0.1) is 0 Å². The lowest BCUT2D eigenvalue weighted by Crippen LogP contribution is -2.21. The van der Waals surface area contributed by atoms with Crippen LogP contribution in [0.3, 0.4) is 0 Å². The van der Waals surface area contributed by atoms with Gasteiger partial charge in [-0.1, -0.05) is 12.1 Å². The molecule has 0 aromatic heterocycles. The Morgan fingerprint density at radius 2 is 1.85 bits per heavy atom. The molecule has 13 heavy (non-hydrogen) atoms. The number of hydrogen-bond acceptors (Lipinski definition) is 3. The maximum Gasteiger partial charge on any atom is 0.115 e. The van der Waals surface area contributed by atoms with Crippen LogP contribution in [-0.4, -0.2) is 35.4 Å². The predicted octanol–water partition coefficient (Wildman–Crippen LogP) is 0.816. The van der Waals surface area contributed by atoms with Crippen LogP contribution in [-0.2, 0) is 6.42 Å².